The SMILES string of the molecule is O=Cc1ccccc1OCc1ccc(F)cc1Br. The molecule has 0 radical (unpaired) electrons. The van der Waals surface area contributed by atoms with E-state index in [2.05, 4.69) is 15.9 Å². The highest BCUT2D eigenvalue weighted by molar-refractivity contribution is 9.10. The van der Waals surface area contributed by atoms with Crippen LogP contribution in [0.5, 0.6) is 5.75 Å². The summed E-state index contributed by atoms with van der Waals surface area (Å²) in [6, 6.07) is 11.4. The minimum absolute atomic E-state index is 0.270. The molecule has 0 aromatic heterocycles. The quantitative estimate of drug-likeness (QED) is 0.799. The molecule has 0 aliphatic carbocycles. The Morgan fingerprint density at radius 3 is 2.72 bits per heavy atom. The van der Waals surface area contributed by atoms with Gasteiger partial charge < -0.3 is 4.74 Å². The van der Waals surface area contributed by atoms with Crippen molar-refractivity contribution in [1.82, 2.24) is 0 Å². The van der Waals surface area contributed by atoms with Crippen LogP contribution in [-0.4, -0.2) is 6.29 Å². The van der Waals surface area contributed by atoms with Gasteiger partial charge in [-0.15, -0.1) is 0 Å². The number of ether oxygens (including phenoxy) is 1. The molecule has 0 aliphatic rings. The zero-order chi connectivity index (χ0) is 13.0. The molecule has 0 atom stereocenters. The van der Waals surface area contributed by atoms with Gasteiger partial charge in [-0.05, 0) is 24.3 Å². The molecule has 0 amide bonds. The fourth-order valence-corrected chi connectivity index (χ4v) is 1.97. The van der Waals surface area contributed by atoms with E-state index in [-0.39, 0.29) is 12.4 Å². The van der Waals surface area contributed by atoms with E-state index in [1.807, 2.05) is 0 Å². The van der Waals surface area contributed by atoms with Gasteiger partial charge >= 0.3 is 0 Å². The Kier molecular flexibility index (Phi) is 4.10. The van der Waals surface area contributed by atoms with Crippen molar-refractivity contribution in [2.24, 2.45) is 0 Å². The third-order valence-electron chi connectivity index (χ3n) is 2.44. The van der Waals surface area contributed by atoms with Gasteiger partial charge in [-0.1, -0.05) is 34.1 Å². The summed E-state index contributed by atoms with van der Waals surface area (Å²) >= 11 is 3.27. The Morgan fingerprint density at radius 2 is 2.00 bits per heavy atom. The number of rotatable bonds is 4. The third kappa shape index (κ3) is 2.96. The van der Waals surface area contributed by atoms with E-state index in [0.29, 0.717) is 15.8 Å². The van der Waals surface area contributed by atoms with Crippen molar-refractivity contribution in [2.75, 3.05) is 0 Å². The van der Waals surface area contributed by atoms with Crippen molar-refractivity contribution >= 4 is 22.2 Å². The molecule has 0 saturated heterocycles. The maximum Gasteiger partial charge on any atom is 0.153 e. The Bertz CT molecular complexity index is 569. The van der Waals surface area contributed by atoms with E-state index in [4.69, 9.17) is 4.74 Å². The molecule has 0 unspecified atom stereocenters. The fraction of sp³-hybridized carbons (Fsp3) is 0.0714. The van der Waals surface area contributed by atoms with Gasteiger partial charge in [-0.25, -0.2) is 4.39 Å². The summed E-state index contributed by atoms with van der Waals surface area (Å²) in [6.45, 7) is 0.270. The highest BCUT2D eigenvalue weighted by Crippen LogP contribution is 2.22. The minimum atomic E-state index is -0.307. The number of aldehydes is 1. The topological polar surface area (TPSA) is 26.3 Å². The van der Waals surface area contributed by atoms with Crippen molar-refractivity contribution < 1.29 is 13.9 Å². The van der Waals surface area contributed by atoms with Crippen molar-refractivity contribution in [3.8, 4) is 5.75 Å². The number of benzene rings is 2. The maximum atomic E-state index is 12.9. The predicted molar refractivity (Wildman–Crippen MR) is 70.3 cm³/mol. The second-order valence-electron chi connectivity index (χ2n) is 3.68. The average molecular weight is 309 g/mol. The van der Waals surface area contributed by atoms with Crippen LogP contribution in [0.25, 0.3) is 0 Å². The normalized spacial score (nSPS) is 10.1. The number of halogens is 2. The molecule has 2 aromatic carbocycles. The summed E-state index contributed by atoms with van der Waals surface area (Å²) < 4.78 is 19.1. The molecule has 2 nitrogen and oxygen atoms in total. The van der Waals surface area contributed by atoms with Gasteiger partial charge in [-0.3, -0.25) is 4.79 Å². The van der Waals surface area contributed by atoms with Crippen molar-refractivity contribution in [3.05, 3.63) is 63.9 Å². The molecule has 2 aromatic rings. The summed E-state index contributed by atoms with van der Waals surface area (Å²) in [4.78, 5) is 10.8. The van der Waals surface area contributed by atoms with E-state index in [0.717, 1.165) is 11.8 Å². The van der Waals surface area contributed by atoms with E-state index in [1.165, 1.54) is 12.1 Å². The predicted octanol–water partition coefficient (Wildman–Crippen LogP) is 3.98. The molecule has 18 heavy (non-hydrogen) atoms. The number of hydrogen-bond donors (Lipinski definition) is 0. The number of carbonyl (C=O) groups excluding carboxylic acids is 1. The molecule has 0 N–H and O–H groups in total. The molecule has 0 fully saturated rings. The molecule has 2 rings (SSSR count). The van der Waals surface area contributed by atoms with Crippen LogP contribution >= 0.6 is 15.9 Å². The lowest BCUT2D eigenvalue weighted by Gasteiger charge is -2.09. The van der Waals surface area contributed by atoms with Crippen LogP contribution in [0, 0.1) is 5.82 Å². The second kappa shape index (κ2) is 5.78. The van der Waals surface area contributed by atoms with Crippen molar-refractivity contribution in [3.63, 3.8) is 0 Å². The highest BCUT2D eigenvalue weighted by atomic mass is 79.9. The van der Waals surface area contributed by atoms with Gasteiger partial charge in [-0.2, -0.15) is 0 Å². The molecular weight excluding hydrogens is 299 g/mol. The van der Waals surface area contributed by atoms with E-state index < -0.39 is 0 Å². The molecule has 0 aliphatic heterocycles. The van der Waals surface area contributed by atoms with E-state index >= 15 is 0 Å². The van der Waals surface area contributed by atoms with Crippen LogP contribution in [0.15, 0.2) is 46.9 Å². The van der Waals surface area contributed by atoms with Crippen LogP contribution in [0.1, 0.15) is 15.9 Å². The maximum absolute atomic E-state index is 12.9. The van der Waals surface area contributed by atoms with Crippen LogP contribution in [0.4, 0.5) is 4.39 Å². The summed E-state index contributed by atoms with van der Waals surface area (Å²) in [5, 5.41) is 0. The number of carbonyl (C=O) groups is 1. The zero-order valence-corrected chi connectivity index (χ0v) is 11.0. The highest BCUT2D eigenvalue weighted by Gasteiger charge is 2.05. The lowest BCUT2D eigenvalue weighted by atomic mass is 10.2. The first kappa shape index (κ1) is 12.8. The Labute approximate surface area is 113 Å². The number of para-hydroxylation sites is 1. The molecule has 0 bridgehead atoms. The summed E-state index contributed by atoms with van der Waals surface area (Å²) in [5.41, 5.74) is 1.31. The Morgan fingerprint density at radius 1 is 1.22 bits per heavy atom. The monoisotopic (exact) mass is 308 g/mol. The van der Waals surface area contributed by atoms with Crippen molar-refractivity contribution in [2.45, 2.75) is 6.61 Å². The van der Waals surface area contributed by atoms with E-state index in [9.17, 15) is 9.18 Å². The third-order valence-corrected chi connectivity index (χ3v) is 3.18. The molecule has 92 valence electrons. The Hall–Kier alpha value is -1.68. The van der Waals surface area contributed by atoms with Crippen LogP contribution in [0.2, 0.25) is 0 Å². The van der Waals surface area contributed by atoms with Crippen LogP contribution < -0.4 is 4.74 Å². The standard InChI is InChI=1S/C14H10BrFO2/c15-13-7-12(16)6-5-11(13)9-18-14-4-2-1-3-10(14)8-17/h1-8H,9H2. The first-order chi connectivity index (χ1) is 8.70. The van der Waals surface area contributed by atoms with Crippen molar-refractivity contribution in [1.29, 1.82) is 0 Å². The fourth-order valence-electron chi connectivity index (χ4n) is 1.50. The van der Waals surface area contributed by atoms with Gasteiger partial charge in [0.05, 0.1) is 5.56 Å². The molecular formula is C14H10BrFO2. The van der Waals surface area contributed by atoms with Gasteiger partial charge in [0.2, 0.25) is 0 Å². The first-order valence-corrected chi connectivity index (χ1v) is 6.11. The van der Waals surface area contributed by atoms with Crippen LogP contribution in [-0.2, 0) is 6.61 Å². The summed E-state index contributed by atoms with van der Waals surface area (Å²) in [6.07, 6.45) is 0.745. The molecule has 0 heterocycles. The van der Waals surface area contributed by atoms with Crippen LogP contribution in [0.3, 0.4) is 0 Å². The first-order valence-electron chi connectivity index (χ1n) is 5.31. The van der Waals surface area contributed by atoms with Gasteiger partial charge in [0.1, 0.15) is 18.2 Å². The summed E-state index contributed by atoms with van der Waals surface area (Å²) in [7, 11) is 0. The molecule has 0 spiro atoms. The Balaban J connectivity index is 2.14. The lowest BCUT2D eigenvalue weighted by Crippen LogP contribution is -1.99. The number of hydrogen-bond acceptors (Lipinski definition) is 2. The smallest absolute Gasteiger partial charge is 0.153 e. The zero-order valence-electron chi connectivity index (χ0n) is 9.40. The average Bonchev–Trinajstić information content (AvgIpc) is 2.38. The van der Waals surface area contributed by atoms with Gasteiger partial charge in [0, 0.05) is 10.0 Å². The molecule has 4 heteroatoms. The van der Waals surface area contributed by atoms with Gasteiger partial charge in [0.25, 0.3) is 0 Å². The second-order valence-corrected chi connectivity index (χ2v) is 4.53. The lowest BCUT2D eigenvalue weighted by molar-refractivity contribution is 0.111. The van der Waals surface area contributed by atoms with Gasteiger partial charge in [0.15, 0.2) is 6.29 Å². The molecule has 0 saturated carbocycles. The largest absolute Gasteiger partial charge is 0.488 e. The van der Waals surface area contributed by atoms with E-state index in [1.54, 1.807) is 30.3 Å². The minimum Gasteiger partial charge on any atom is -0.488 e. The summed E-state index contributed by atoms with van der Waals surface area (Å²) in [5.74, 6) is 0.211.